The molecule has 6 nitrogen and oxygen atoms in total. The normalized spacial score (nSPS) is 20.7. The number of aromatic nitrogens is 2. The second-order valence-corrected chi connectivity index (χ2v) is 5.40. The summed E-state index contributed by atoms with van der Waals surface area (Å²) in [5.74, 6) is -3.63. The highest BCUT2D eigenvalue weighted by Gasteiger charge is 2.40. The Morgan fingerprint density at radius 3 is 2.65 bits per heavy atom. The van der Waals surface area contributed by atoms with E-state index in [2.05, 4.69) is 10.2 Å². The lowest BCUT2D eigenvalue weighted by molar-refractivity contribution is -0.141. The number of anilines is 1. The first kappa shape index (κ1) is 15.1. The molecule has 2 heterocycles. The summed E-state index contributed by atoms with van der Waals surface area (Å²) >= 11 is 0. The number of carbonyl (C=O) groups is 1. The summed E-state index contributed by atoms with van der Waals surface area (Å²) < 4.78 is 27.1. The Balaban J connectivity index is 1.94. The smallest absolute Gasteiger partial charge is 0.308 e. The second kappa shape index (κ2) is 5.79. The minimum Gasteiger partial charge on any atom is -0.481 e. The van der Waals surface area contributed by atoms with E-state index in [0.717, 1.165) is 12.1 Å². The highest BCUT2D eigenvalue weighted by molar-refractivity contribution is 5.73. The quantitative estimate of drug-likeness (QED) is 0.891. The third kappa shape index (κ3) is 2.92. The van der Waals surface area contributed by atoms with Gasteiger partial charge in [-0.2, -0.15) is 5.10 Å². The molecule has 23 heavy (non-hydrogen) atoms. The van der Waals surface area contributed by atoms with Crippen LogP contribution < -0.4 is 10.5 Å². The van der Waals surface area contributed by atoms with Crippen LogP contribution in [0.1, 0.15) is 11.5 Å². The van der Waals surface area contributed by atoms with Crippen LogP contribution in [0.3, 0.4) is 0 Å². The lowest BCUT2D eigenvalue weighted by Gasteiger charge is -2.17. The number of carboxylic acids is 1. The van der Waals surface area contributed by atoms with Gasteiger partial charge in [-0.15, -0.1) is 0 Å². The molecule has 120 valence electrons. The summed E-state index contributed by atoms with van der Waals surface area (Å²) in [4.78, 5) is 24.2. The number of aromatic amines is 1. The summed E-state index contributed by atoms with van der Waals surface area (Å²) in [7, 11) is 0. The average molecular weight is 321 g/mol. The van der Waals surface area contributed by atoms with E-state index in [4.69, 9.17) is 0 Å². The Hall–Kier alpha value is -2.77. The maximum Gasteiger partial charge on any atom is 0.308 e. The first-order chi connectivity index (χ1) is 11.0. The molecule has 0 spiro atoms. The summed E-state index contributed by atoms with van der Waals surface area (Å²) in [6.45, 7) is 0.328. The van der Waals surface area contributed by atoms with Gasteiger partial charge >= 0.3 is 5.97 Å². The molecule has 1 aliphatic rings. The molecule has 2 atom stereocenters. The maximum absolute atomic E-state index is 14.0. The van der Waals surface area contributed by atoms with Crippen LogP contribution in [0.5, 0.6) is 0 Å². The van der Waals surface area contributed by atoms with Gasteiger partial charge in [0.2, 0.25) is 0 Å². The number of carboxylic acid groups (broad SMARTS) is 1. The number of H-pyrrole nitrogens is 1. The molecular weight excluding hydrogens is 308 g/mol. The van der Waals surface area contributed by atoms with Gasteiger partial charge in [0.25, 0.3) is 5.56 Å². The fourth-order valence-electron chi connectivity index (χ4n) is 2.87. The fraction of sp³-hybridized carbons (Fsp3) is 0.267. The molecular formula is C15H13F2N3O3. The van der Waals surface area contributed by atoms with Gasteiger partial charge in [-0.05, 0) is 17.7 Å². The van der Waals surface area contributed by atoms with Crippen LogP contribution in [0.15, 0.2) is 35.1 Å². The van der Waals surface area contributed by atoms with Gasteiger partial charge in [-0.1, -0.05) is 6.07 Å². The van der Waals surface area contributed by atoms with E-state index in [1.807, 2.05) is 0 Å². The summed E-state index contributed by atoms with van der Waals surface area (Å²) in [6.07, 6.45) is 0. The van der Waals surface area contributed by atoms with Gasteiger partial charge in [-0.25, -0.2) is 13.9 Å². The van der Waals surface area contributed by atoms with Gasteiger partial charge in [0.05, 0.1) is 5.92 Å². The van der Waals surface area contributed by atoms with Crippen molar-refractivity contribution in [2.45, 2.75) is 5.92 Å². The molecule has 3 rings (SSSR count). The minimum absolute atomic E-state index is 0.121. The lowest BCUT2D eigenvalue weighted by atomic mass is 9.88. The van der Waals surface area contributed by atoms with Crippen molar-refractivity contribution in [3.63, 3.8) is 0 Å². The van der Waals surface area contributed by atoms with E-state index < -0.39 is 29.4 Å². The molecule has 0 bridgehead atoms. The molecule has 0 saturated carbocycles. The van der Waals surface area contributed by atoms with Crippen molar-refractivity contribution in [3.05, 3.63) is 57.9 Å². The third-order valence-electron chi connectivity index (χ3n) is 3.99. The number of aliphatic carboxylic acids is 1. The zero-order valence-corrected chi connectivity index (χ0v) is 11.9. The van der Waals surface area contributed by atoms with Gasteiger partial charge in [0.1, 0.15) is 17.5 Å². The minimum atomic E-state index is -1.06. The first-order valence-electron chi connectivity index (χ1n) is 6.94. The summed E-state index contributed by atoms with van der Waals surface area (Å²) in [6, 6.07) is 5.88. The summed E-state index contributed by atoms with van der Waals surface area (Å²) in [5, 5.41) is 15.5. The Bertz CT molecular complexity index is 788. The molecule has 2 N–H and O–H groups in total. The highest BCUT2D eigenvalue weighted by atomic mass is 19.1. The van der Waals surface area contributed by atoms with Crippen LogP contribution >= 0.6 is 0 Å². The number of benzene rings is 1. The standard InChI is InChI=1S/C15H13F2N3O3/c16-8-1-2-9(12(17)5-8)10-6-20(7-11(10)15(22)23)13-3-4-14(21)19-18-13/h1-5,10-11H,6-7H2,(H,19,21)(H,22,23)/t10?,11-/m1/s1. The molecule has 2 aromatic rings. The molecule has 1 aliphatic heterocycles. The van der Waals surface area contributed by atoms with Crippen LogP contribution in [-0.2, 0) is 4.79 Å². The van der Waals surface area contributed by atoms with Gasteiger partial charge in [-0.3, -0.25) is 9.59 Å². The molecule has 8 heteroatoms. The molecule has 0 aliphatic carbocycles. The third-order valence-corrected chi connectivity index (χ3v) is 3.99. The van der Waals surface area contributed by atoms with Gasteiger partial charge < -0.3 is 10.0 Å². The van der Waals surface area contributed by atoms with Crippen molar-refractivity contribution in [3.8, 4) is 0 Å². The molecule has 1 saturated heterocycles. The van der Waals surface area contributed by atoms with E-state index >= 15 is 0 Å². The molecule has 1 aromatic heterocycles. The predicted molar refractivity (Wildman–Crippen MR) is 77.3 cm³/mol. The number of rotatable bonds is 3. The Morgan fingerprint density at radius 2 is 2.04 bits per heavy atom. The number of halogens is 2. The van der Waals surface area contributed by atoms with E-state index in [0.29, 0.717) is 5.82 Å². The van der Waals surface area contributed by atoms with Crippen LogP contribution in [-0.4, -0.2) is 34.4 Å². The van der Waals surface area contributed by atoms with Crippen LogP contribution in [0.2, 0.25) is 0 Å². The summed E-state index contributed by atoms with van der Waals surface area (Å²) in [5.41, 5.74) is -0.213. The van der Waals surface area contributed by atoms with Crippen LogP contribution in [0, 0.1) is 17.6 Å². The number of nitrogens with one attached hydrogen (secondary N) is 1. The SMILES string of the molecule is O=C(O)[C@@H]1CN(c2ccc(=O)[nH]n2)CC1c1ccc(F)cc1F. The second-order valence-electron chi connectivity index (χ2n) is 5.40. The van der Waals surface area contributed by atoms with Gasteiger partial charge in [0, 0.05) is 31.1 Å². The van der Waals surface area contributed by atoms with Gasteiger partial charge in [0.15, 0.2) is 0 Å². The van der Waals surface area contributed by atoms with Crippen molar-refractivity contribution in [2.75, 3.05) is 18.0 Å². The van der Waals surface area contributed by atoms with Crippen molar-refractivity contribution >= 4 is 11.8 Å². The van der Waals surface area contributed by atoms with Crippen molar-refractivity contribution in [1.29, 1.82) is 0 Å². The molecule has 0 radical (unpaired) electrons. The zero-order valence-electron chi connectivity index (χ0n) is 11.9. The Kier molecular flexibility index (Phi) is 3.81. The molecule has 1 unspecified atom stereocenters. The Morgan fingerprint density at radius 1 is 1.26 bits per heavy atom. The zero-order chi connectivity index (χ0) is 16.6. The van der Waals surface area contributed by atoms with Crippen LogP contribution in [0.4, 0.5) is 14.6 Å². The monoisotopic (exact) mass is 321 g/mol. The van der Waals surface area contributed by atoms with E-state index in [9.17, 15) is 23.5 Å². The molecule has 0 amide bonds. The number of nitrogens with zero attached hydrogens (tertiary/aromatic N) is 2. The van der Waals surface area contributed by atoms with Crippen molar-refractivity contribution in [1.82, 2.24) is 10.2 Å². The highest BCUT2D eigenvalue weighted by Crippen LogP contribution is 2.36. The topological polar surface area (TPSA) is 86.3 Å². The molecule has 1 aromatic carbocycles. The largest absolute Gasteiger partial charge is 0.481 e. The van der Waals surface area contributed by atoms with E-state index in [1.165, 1.54) is 18.2 Å². The maximum atomic E-state index is 14.0. The van der Waals surface area contributed by atoms with E-state index in [-0.39, 0.29) is 24.2 Å². The first-order valence-corrected chi connectivity index (χ1v) is 6.94. The fourth-order valence-corrected chi connectivity index (χ4v) is 2.87. The van der Waals surface area contributed by atoms with Crippen molar-refractivity contribution in [2.24, 2.45) is 5.92 Å². The number of hydrogen-bond acceptors (Lipinski definition) is 4. The number of hydrogen-bond donors (Lipinski definition) is 2. The predicted octanol–water partition coefficient (Wildman–Crippen LogP) is 1.35. The van der Waals surface area contributed by atoms with E-state index in [1.54, 1.807) is 4.90 Å². The van der Waals surface area contributed by atoms with Crippen LogP contribution in [0.25, 0.3) is 0 Å². The lowest BCUT2D eigenvalue weighted by Crippen LogP contribution is -2.24. The average Bonchev–Trinajstić information content (AvgIpc) is 2.93. The van der Waals surface area contributed by atoms with Crippen molar-refractivity contribution < 1.29 is 18.7 Å². The Labute approximate surface area is 129 Å². The molecule has 1 fully saturated rings.